The summed E-state index contributed by atoms with van der Waals surface area (Å²) in [5.74, 6) is 2.01. The number of benzene rings is 5. The number of para-hydroxylation sites is 3. The van der Waals surface area contributed by atoms with Crippen molar-refractivity contribution in [3.05, 3.63) is 157 Å². The molecule has 0 heterocycles. The van der Waals surface area contributed by atoms with Crippen molar-refractivity contribution in [3.63, 3.8) is 0 Å². The maximum absolute atomic E-state index is 11.9. The fraction of sp³-hybridized carbons (Fsp3) is 0.167. The lowest BCUT2D eigenvalue weighted by Crippen LogP contribution is -2.26. The Morgan fingerprint density at radius 3 is 1.44 bits per heavy atom. The number of hydrogen-bond donors (Lipinski definition) is 1. The molecule has 0 bridgehead atoms. The minimum absolute atomic E-state index is 0.345. The summed E-state index contributed by atoms with van der Waals surface area (Å²) in [5, 5.41) is 0. The Morgan fingerprint density at radius 2 is 0.911 bits per heavy atom. The van der Waals surface area contributed by atoms with E-state index in [9.17, 15) is 4.89 Å². The quantitative estimate of drug-likeness (QED) is 0.121. The molecule has 0 radical (unpaired) electrons. The van der Waals surface area contributed by atoms with Crippen LogP contribution < -0.4 is 18.1 Å². The third-order valence-electron chi connectivity index (χ3n) is 6.68. The highest BCUT2D eigenvalue weighted by Gasteiger charge is 2.54. The summed E-state index contributed by atoms with van der Waals surface area (Å²) >= 11 is 0. The predicted octanol–water partition coefficient (Wildman–Crippen LogP) is 10.4. The molecule has 1 N–H and O–H groups in total. The Kier molecular flexibility index (Phi) is 10.4. The van der Waals surface area contributed by atoms with Crippen molar-refractivity contribution in [2.75, 3.05) is 0 Å². The lowest BCUT2D eigenvalue weighted by molar-refractivity contribution is 0.0501. The molecule has 0 saturated carbocycles. The van der Waals surface area contributed by atoms with Gasteiger partial charge in [-0.15, -0.1) is 4.52 Å². The fourth-order valence-electron chi connectivity index (χ4n) is 4.34. The summed E-state index contributed by atoms with van der Waals surface area (Å²) in [6, 6.07) is 44.6. The van der Waals surface area contributed by atoms with Crippen LogP contribution in [0.5, 0.6) is 23.0 Å². The summed E-state index contributed by atoms with van der Waals surface area (Å²) in [6.07, 6.45) is 0. The van der Waals surface area contributed by atoms with Crippen LogP contribution in [0.15, 0.2) is 146 Å². The molecule has 0 saturated heterocycles. The van der Waals surface area contributed by atoms with Gasteiger partial charge in [0.2, 0.25) is 0 Å². The van der Waals surface area contributed by atoms with E-state index in [1.165, 1.54) is 0 Å². The van der Waals surface area contributed by atoms with Crippen molar-refractivity contribution in [2.45, 2.75) is 38.9 Å². The standard InChI is InChI=1S/C36H37O7P2/c1-35(2,42-44(38-31-21-11-6-12-22-31)39-32-23-13-7-14-24-32)30-20-17-27-34(28-30)41-45(37,40-33-25-15-8-16-26-33)43-36(3,4)29-18-9-5-10-19-29/h5-28,37H,1-4H3/q+1. The Balaban J connectivity index is 1.40. The average molecular weight is 644 g/mol. The van der Waals surface area contributed by atoms with E-state index in [4.69, 9.17) is 27.1 Å². The summed E-state index contributed by atoms with van der Waals surface area (Å²) in [6.45, 7) is 7.56. The van der Waals surface area contributed by atoms with Crippen LogP contribution in [-0.2, 0) is 20.2 Å². The first-order valence-corrected chi connectivity index (χ1v) is 17.1. The van der Waals surface area contributed by atoms with Gasteiger partial charge in [-0.2, -0.15) is 4.89 Å². The SMILES string of the molecule is CC(C)(OP(Oc1ccccc1)Oc1ccccc1)c1cccc(O[P+](O)(Oc2ccccc2)OC(C)(C)c2ccccc2)c1. The van der Waals surface area contributed by atoms with E-state index in [0.29, 0.717) is 23.0 Å². The van der Waals surface area contributed by atoms with Crippen LogP contribution in [0.25, 0.3) is 0 Å². The van der Waals surface area contributed by atoms with E-state index in [-0.39, 0.29) is 0 Å². The van der Waals surface area contributed by atoms with Gasteiger partial charge in [0.25, 0.3) is 0 Å². The molecule has 7 nitrogen and oxygen atoms in total. The zero-order valence-corrected chi connectivity index (χ0v) is 27.4. The lowest BCUT2D eigenvalue weighted by atomic mass is 9.98. The van der Waals surface area contributed by atoms with Crippen molar-refractivity contribution < 1.29 is 32.0 Å². The van der Waals surface area contributed by atoms with Gasteiger partial charge >= 0.3 is 16.8 Å². The molecule has 0 aliphatic heterocycles. The second kappa shape index (κ2) is 14.4. The van der Waals surface area contributed by atoms with Crippen LogP contribution in [0.3, 0.4) is 0 Å². The van der Waals surface area contributed by atoms with Crippen LogP contribution in [0, 0.1) is 0 Å². The normalized spacial score (nSPS) is 13.1. The molecular weight excluding hydrogens is 606 g/mol. The van der Waals surface area contributed by atoms with Gasteiger partial charge in [-0.05, 0) is 87.4 Å². The average Bonchev–Trinajstić information content (AvgIpc) is 3.02. The molecule has 9 heteroatoms. The van der Waals surface area contributed by atoms with Gasteiger partial charge in [0.15, 0.2) is 11.5 Å². The monoisotopic (exact) mass is 643 g/mol. The van der Waals surface area contributed by atoms with Crippen molar-refractivity contribution in [3.8, 4) is 23.0 Å². The second-order valence-electron chi connectivity index (χ2n) is 11.1. The molecule has 0 amide bonds. The highest BCUT2D eigenvalue weighted by atomic mass is 31.2. The first kappa shape index (κ1) is 32.4. The van der Waals surface area contributed by atoms with Crippen molar-refractivity contribution in [1.82, 2.24) is 0 Å². The zero-order chi connectivity index (χ0) is 31.8. The van der Waals surface area contributed by atoms with E-state index >= 15 is 0 Å². The topological polar surface area (TPSA) is 75.6 Å². The second-order valence-corrected chi connectivity index (χ2v) is 13.6. The van der Waals surface area contributed by atoms with E-state index in [0.717, 1.165) is 11.1 Å². The van der Waals surface area contributed by atoms with Crippen LogP contribution >= 0.6 is 16.8 Å². The molecule has 0 fully saturated rings. The third-order valence-corrected chi connectivity index (χ3v) is 9.57. The van der Waals surface area contributed by atoms with Gasteiger partial charge in [-0.1, -0.05) is 97.1 Å². The maximum Gasteiger partial charge on any atom is 0.667 e. The van der Waals surface area contributed by atoms with Crippen LogP contribution in [-0.4, -0.2) is 4.89 Å². The third kappa shape index (κ3) is 9.27. The smallest absolute Gasteiger partial charge is 0.418 e. The Labute approximate surface area is 267 Å². The summed E-state index contributed by atoms with van der Waals surface area (Å²) in [5.41, 5.74) is -0.209. The molecule has 0 spiro atoms. The number of rotatable bonds is 14. The van der Waals surface area contributed by atoms with Gasteiger partial charge in [0.05, 0.1) is 5.60 Å². The first-order chi connectivity index (χ1) is 21.6. The summed E-state index contributed by atoms with van der Waals surface area (Å²) in [7, 11) is -5.85. The number of hydrogen-bond acceptors (Lipinski definition) is 7. The van der Waals surface area contributed by atoms with Crippen molar-refractivity contribution in [1.29, 1.82) is 0 Å². The molecule has 5 rings (SSSR count). The molecule has 232 valence electrons. The van der Waals surface area contributed by atoms with Gasteiger partial charge in [0, 0.05) is 0 Å². The first-order valence-electron chi connectivity index (χ1n) is 14.5. The largest absolute Gasteiger partial charge is 0.667 e. The Hall–Kier alpha value is -3.96. The summed E-state index contributed by atoms with van der Waals surface area (Å²) < 4.78 is 37.4. The van der Waals surface area contributed by atoms with Gasteiger partial charge < -0.3 is 9.05 Å². The fourth-order valence-corrected chi connectivity index (χ4v) is 7.08. The lowest BCUT2D eigenvalue weighted by Gasteiger charge is -2.29. The Bertz CT molecular complexity index is 1580. The van der Waals surface area contributed by atoms with Gasteiger partial charge in [-0.25, -0.2) is 0 Å². The minimum atomic E-state index is -3.98. The molecule has 45 heavy (non-hydrogen) atoms. The van der Waals surface area contributed by atoms with E-state index in [1.54, 1.807) is 24.3 Å². The molecule has 5 aromatic rings. The summed E-state index contributed by atoms with van der Waals surface area (Å²) in [4.78, 5) is 11.9. The van der Waals surface area contributed by atoms with Crippen LogP contribution in [0.1, 0.15) is 38.8 Å². The molecular formula is C36H37O7P2+. The predicted molar refractivity (Wildman–Crippen MR) is 179 cm³/mol. The highest BCUT2D eigenvalue weighted by Crippen LogP contribution is 2.61. The van der Waals surface area contributed by atoms with Crippen LogP contribution in [0.2, 0.25) is 0 Å². The Morgan fingerprint density at radius 1 is 0.489 bits per heavy atom. The van der Waals surface area contributed by atoms with Crippen molar-refractivity contribution >= 4 is 16.8 Å². The highest BCUT2D eigenvalue weighted by molar-refractivity contribution is 7.56. The minimum Gasteiger partial charge on any atom is -0.418 e. The molecule has 5 aromatic carbocycles. The molecule has 1 unspecified atom stereocenters. The van der Waals surface area contributed by atoms with Crippen molar-refractivity contribution in [2.24, 2.45) is 0 Å². The molecule has 0 aliphatic carbocycles. The van der Waals surface area contributed by atoms with E-state index in [2.05, 4.69) is 0 Å². The van der Waals surface area contributed by atoms with E-state index < -0.39 is 28.0 Å². The molecule has 0 aromatic heterocycles. The van der Waals surface area contributed by atoms with Gasteiger partial charge in [-0.3, -0.25) is 13.6 Å². The zero-order valence-electron chi connectivity index (χ0n) is 25.6. The van der Waals surface area contributed by atoms with E-state index in [1.807, 2.05) is 149 Å². The van der Waals surface area contributed by atoms with Crippen LogP contribution in [0.4, 0.5) is 0 Å². The maximum atomic E-state index is 11.9. The molecule has 0 aliphatic rings. The van der Waals surface area contributed by atoms with Gasteiger partial charge in [0.1, 0.15) is 17.1 Å². The molecule has 1 atom stereocenters.